The molecule has 0 heterocycles. The molecule has 0 aliphatic heterocycles. The third-order valence-electron chi connectivity index (χ3n) is 3.64. The fourth-order valence-corrected chi connectivity index (χ4v) is 2.37. The van der Waals surface area contributed by atoms with E-state index >= 15 is 0 Å². The zero-order valence-electron chi connectivity index (χ0n) is 16.2. The highest BCUT2D eigenvalue weighted by molar-refractivity contribution is 5.82. The summed E-state index contributed by atoms with van der Waals surface area (Å²) in [6, 6.07) is 0. The first kappa shape index (κ1) is 22.7. The Bertz CT molecular complexity index is 338. The minimum absolute atomic E-state index is 0.0350. The van der Waals surface area contributed by atoms with Crippen molar-refractivity contribution in [2.24, 2.45) is 0 Å². The van der Waals surface area contributed by atoms with Gasteiger partial charge in [0, 0.05) is 6.54 Å². The van der Waals surface area contributed by atoms with Gasteiger partial charge in [0.2, 0.25) is 5.91 Å². The third-order valence-corrected chi connectivity index (χ3v) is 3.64. The molecule has 0 saturated heterocycles. The summed E-state index contributed by atoms with van der Waals surface area (Å²) in [5.41, 5.74) is -0.545. The number of unbranched alkanes of at least 4 members (excludes halogenated alkanes) is 9. The summed E-state index contributed by atoms with van der Waals surface area (Å²) in [5.74, 6) is -0.170. The Kier molecular flexibility index (Phi) is 13.4. The Labute approximate surface area is 148 Å². The van der Waals surface area contributed by atoms with E-state index in [0.717, 1.165) is 12.8 Å². The molecule has 0 aromatic rings. The van der Waals surface area contributed by atoms with Crippen LogP contribution in [0.5, 0.6) is 0 Å². The summed E-state index contributed by atoms with van der Waals surface area (Å²) in [6.45, 7) is 8.25. The number of nitrogens with one attached hydrogen (secondary N) is 2. The highest BCUT2D eigenvalue weighted by Crippen LogP contribution is 2.10. The van der Waals surface area contributed by atoms with E-state index in [1.54, 1.807) is 20.8 Å². The summed E-state index contributed by atoms with van der Waals surface area (Å²) in [6.07, 6.45) is 12.2. The summed E-state index contributed by atoms with van der Waals surface area (Å²) >= 11 is 0. The number of alkyl carbamates (subject to hydrolysis) is 1. The molecule has 0 aromatic carbocycles. The van der Waals surface area contributed by atoms with Gasteiger partial charge in [-0.3, -0.25) is 4.79 Å². The van der Waals surface area contributed by atoms with Gasteiger partial charge < -0.3 is 15.4 Å². The van der Waals surface area contributed by atoms with Gasteiger partial charge in [0.1, 0.15) is 5.60 Å². The van der Waals surface area contributed by atoms with Gasteiger partial charge in [-0.2, -0.15) is 0 Å². The number of rotatable bonds is 13. The Hall–Kier alpha value is -1.26. The quantitative estimate of drug-likeness (QED) is 0.483. The van der Waals surface area contributed by atoms with Crippen molar-refractivity contribution in [1.29, 1.82) is 0 Å². The van der Waals surface area contributed by atoms with Crippen molar-refractivity contribution in [2.45, 2.75) is 97.5 Å². The number of ether oxygens (including phenoxy) is 1. The van der Waals surface area contributed by atoms with Crippen LogP contribution in [0.25, 0.3) is 0 Å². The Morgan fingerprint density at radius 3 is 1.79 bits per heavy atom. The Balaban J connectivity index is 3.36. The van der Waals surface area contributed by atoms with Crippen LogP contribution in [0.3, 0.4) is 0 Å². The largest absolute Gasteiger partial charge is 0.444 e. The average molecular weight is 343 g/mol. The van der Waals surface area contributed by atoms with E-state index in [1.165, 1.54) is 51.4 Å². The monoisotopic (exact) mass is 342 g/mol. The number of hydrogen-bond donors (Lipinski definition) is 2. The number of hydrogen-bond acceptors (Lipinski definition) is 3. The molecule has 5 nitrogen and oxygen atoms in total. The SMILES string of the molecule is CCCCCCCCCCCCNC(=O)CNC(=O)OC(C)(C)C. The molecule has 0 radical (unpaired) electrons. The molecule has 0 fully saturated rings. The first-order chi connectivity index (χ1) is 11.3. The van der Waals surface area contributed by atoms with E-state index in [4.69, 9.17) is 4.74 Å². The van der Waals surface area contributed by atoms with Gasteiger partial charge in [0.25, 0.3) is 0 Å². The van der Waals surface area contributed by atoms with Crippen molar-refractivity contribution in [3.05, 3.63) is 0 Å². The van der Waals surface area contributed by atoms with Crippen molar-refractivity contribution in [2.75, 3.05) is 13.1 Å². The molecule has 0 spiro atoms. The minimum Gasteiger partial charge on any atom is -0.444 e. The summed E-state index contributed by atoms with van der Waals surface area (Å²) in [5, 5.41) is 5.27. The molecule has 5 heteroatoms. The van der Waals surface area contributed by atoms with Gasteiger partial charge in [-0.1, -0.05) is 64.7 Å². The highest BCUT2D eigenvalue weighted by atomic mass is 16.6. The number of amides is 2. The average Bonchev–Trinajstić information content (AvgIpc) is 2.49. The van der Waals surface area contributed by atoms with Crippen molar-refractivity contribution in [3.8, 4) is 0 Å². The van der Waals surface area contributed by atoms with Gasteiger partial charge in [-0.15, -0.1) is 0 Å². The second kappa shape index (κ2) is 14.1. The zero-order chi connectivity index (χ0) is 18.3. The van der Waals surface area contributed by atoms with E-state index in [1.807, 2.05) is 0 Å². The fourth-order valence-electron chi connectivity index (χ4n) is 2.37. The molecule has 0 aromatic heterocycles. The smallest absolute Gasteiger partial charge is 0.408 e. The standard InChI is InChI=1S/C19H38N2O3/c1-5-6-7-8-9-10-11-12-13-14-15-20-17(22)16-21-18(23)24-19(2,3)4/h5-16H2,1-4H3,(H,20,22)(H,21,23). The summed E-state index contributed by atoms with van der Waals surface area (Å²) in [4.78, 5) is 23.0. The van der Waals surface area contributed by atoms with Gasteiger partial charge in [0.15, 0.2) is 0 Å². The van der Waals surface area contributed by atoms with Gasteiger partial charge in [-0.25, -0.2) is 4.79 Å². The van der Waals surface area contributed by atoms with E-state index in [-0.39, 0.29) is 12.5 Å². The lowest BCUT2D eigenvalue weighted by Gasteiger charge is -2.19. The van der Waals surface area contributed by atoms with E-state index in [2.05, 4.69) is 17.6 Å². The Morgan fingerprint density at radius 1 is 0.792 bits per heavy atom. The third kappa shape index (κ3) is 17.1. The summed E-state index contributed by atoms with van der Waals surface area (Å²) in [7, 11) is 0. The van der Waals surface area contributed by atoms with Crippen LogP contribution in [-0.4, -0.2) is 30.7 Å². The van der Waals surface area contributed by atoms with Crippen molar-refractivity contribution in [3.63, 3.8) is 0 Å². The number of carbonyl (C=O) groups is 2. The lowest BCUT2D eigenvalue weighted by molar-refractivity contribution is -0.120. The lowest BCUT2D eigenvalue weighted by atomic mass is 10.1. The molecule has 142 valence electrons. The predicted molar refractivity (Wildman–Crippen MR) is 99.1 cm³/mol. The maximum Gasteiger partial charge on any atom is 0.408 e. The van der Waals surface area contributed by atoms with Gasteiger partial charge in [0.05, 0.1) is 6.54 Å². The van der Waals surface area contributed by atoms with Crippen LogP contribution in [0.4, 0.5) is 4.79 Å². The molecule has 2 N–H and O–H groups in total. The minimum atomic E-state index is -0.559. The molecular formula is C19H38N2O3. The molecule has 0 bridgehead atoms. The summed E-state index contributed by atoms with van der Waals surface area (Å²) < 4.78 is 5.07. The molecule has 0 aliphatic carbocycles. The molecule has 0 atom stereocenters. The van der Waals surface area contributed by atoms with Crippen molar-refractivity contribution < 1.29 is 14.3 Å². The topological polar surface area (TPSA) is 67.4 Å². The van der Waals surface area contributed by atoms with Crippen LogP contribution in [0.15, 0.2) is 0 Å². The molecule has 0 unspecified atom stereocenters. The first-order valence-electron chi connectivity index (χ1n) is 9.58. The molecule has 24 heavy (non-hydrogen) atoms. The van der Waals surface area contributed by atoms with Crippen LogP contribution in [0.1, 0.15) is 91.9 Å². The number of carbonyl (C=O) groups excluding carboxylic acids is 2. The van der Waals surface area contributed by atoms with Crippen LogP contribution in [-0.2, 0) is 9.53 Å². The van der Waals surface area contributed by atoms with Crippen LogP contribution >= 0.6 is 0 Å². The fraction of sp³-hybridized carbons (Fsp3) is 0.895. The van der Waals surface area contributed by atoms with Crippen molar-refractivity contribution >= 4 is 12.0 Å². The zero-order valence-corrected chi connectivity index (χ0v) is 16.2. The van der Waals surface area contributed by atoms with Gasteiger partial charge in [-0.05, 0) is 27.2 Å². The Morgan fingerprint density at radius 2 is 1.29 bits per heavy atom. The normalized spacial score (nSPS) is 11.2. The molecule has 0 aliphatic rings. The maximum atomic E-state index is 11.6. The molecule has 0 rings (SSSR count). The van der Waals surface area contributed by atoms with E-state index in [0.29, 0.717) is 6.54 Å². The highest BCUT2D eigenvalue weighted by Gasteiger charge is 2.16. The second-order valence-corrected chi connectivity index (χ2v) is 7.39. The van der Waals surface area contributed by atoms with E-state index < -0.39 is 11.7 Å². The van der Waals surface area contributed by atoms with E-state index in [9.17, 15) is 9.59 Å². The van der Waals surface area contributed by atoms with Crippen LogP contribution < -0.4 is 10.6 Å². The van der Waals surface area contributed by atoms with Crippen LogP contribution in [0, 0.1) is 0 Å². The van der Waals surface area contributed by atoms with Gasteiger partial charge >= 0.3 is 6.09 Å². The van der Waals surface area contributed by atoms with Crippen LogP contribution in [0.2, 0.25) is 0 Å². The first-order valence-corrected chi connectivity index (χ1v) is 9.58. The molecular weight excluding hydrogens is 304 g/mol. The molecule has 2 amide bonds. The molecule has 0 saturated carbocycles. The van der Waals surface area contributed by atoms with Crippen molar-refractivity contribution in [1.82, 2.24) is 10.6 Å². The predicted octanol–water partition coefficient (Wildman–Crippen LogP) is 4.55. The maximum absolute atomic E-state index is 11.6. The second-order valence-electron chi connectivity index (χ2n) is 7.39. The lowest BCUT2D eigenvalue weighted by Crippen LogP contribution is -2.39.